The van der Waals surface area contributed by atoms with Crippen molar-refractivity contribution in [3.63, 3.8) is 0 Å². The molecular weight excluding hydrogens is 376 g/mol. The molecule has 0 saturated carbocycles. The van der Waals surface area contributed by atoms with Crippen molar-refractivity contribution in [2.75, 3.05) is 35.0 Å². The van der Waals surface area contributed by atoms with Gasteiger partial charge in [0, 0.05) is 35.8 Å². The highest BCUT2D eigenvalue weighted by molar-refractivity contribution is 5.96. The first-order valence-corrected chi connectivity index (χ1v) is 8.95. The Morgan fingerprint density at radius 3 is 1.48 bits per heavy atom. The second kappa shape index (κ2) is 10.2. The molecule has 0 aliphatic carbocycles. The number of ether oxygens (including phenoxy) is 4. The number of carbonyl (C=O) groups excluding carboxylic acids is 2. The van der Waals surface area contributed by atoms with Crippen molar-refractivity contribution < 1.29 is 28.5 Å². The summed E-state index contributed by atoms with van der Waals surface area (Å²) in [6.45, 7) is 2.03. The first-order valence-electron chi connectivity index (χ1n) is 8.95. The van der Waals surface area contributed by atoms with E-state index in [1.165, 1.54) is 28.4 Å². The smallest absolute Gasteiger partial charge is 0.251 e. The molecule has 0 bridgehead atoms. The van der Waals surface area contributed by atoms with Crippen LogP contribution >= 0.6 is 0 Å². The number of rotatable bonds is 9. The van der Waals surface area contributed by atoms with Gasteiger partial charge in [-0.15, -0.1) is 0 Å². The molecule has 0 heterocycles. The molecule has 0 fully saturated rings. The van der Waals surface area contributed by atoms with E-state index in [9.17, 15) is 9.59 Å². The molecule has 2 aromatic rings. The number of methoxy groups -OCH3 is 4. The van der Waals surface area contributed by atoms with Crippen molar-refractivity contribution in [3.05, 3.63) is 47.5 Å². The Kier molecular flexibility index (Phi) is 7.70. The van der Waals surface area contributed by atoms with Gasteiger partial charge < -0.3 is 29.6 Å². The van der Waals surface area contributed by atoms with Gasteiger partial charge in [0.2, 0.25) is 0 Å². The zero-order chi connectivity index (χ0) is 21.4. The normalized spacial score (nSPS) is 11.2. The maximum Gasteiger partial charge on any atom is 0.251 e. The van der Waals surface area contributed by atoms with E-state index in [1.54, 1.807) is 43.3 Å². The lowest BCUT2D eigenvalue weighted by molar-refractivity contribution is 0.0911. The van der Waals surface area contributed by atoms with Gasteiger partial charge in [0.1, 0.15) is 23.0 Å². The molecule has 8 heteroatoms. The van der Waals surface area contributed by atoms with Gasteiger partial charge in [-0.25, -0.2) is 0 Å². The van der Waals surface area contributed by atoms with Crippen LogP contribution in [-0.4, -0.2) is 52.8 Å². The van der Waals surface area contributed by atoms with Gasteiger partial charge in [-0.2, -0.15) is 0 Å². The minimum atomic E-state index is -0.309. The van der Waals surface area contributed by atoms with Gasteiger partial charge in [-0.05, 0) is 31.2 Å². The van der Waals surface area contributed by atoms with Crippen LogP contribution in [0, 0.1) is 0 Å². The fourth-order valence-corrected chi connectivity index (χ4v) is 2.58. The van der Waals surface area contributed by atoms with Gasteiger partial charge in [-0.3, -0.25) is 9.59 Å². The summed E-state index contributed by atoms with van der Waals surface area (Å²) in [5, 5.41) is 5.63. The molecule has 29 heavy (non-hydrogen) atoms. The molecule has 0 saturated heterocycles. The van der Waals surface area contributed by atoms with Crippen LogP contribution in [0.4, 0.5) is 0 Å². The predicted molar refractivity (Wildman–Crippen MR) is 108 cm³/mol. The van der Waals surface area contributed by atoms with Crippen LogP contribution < -0.4 is 29.6 Å². The molecule has 8 nitrogen and oxygen atoms in total. The third-order valence-corrected chi connectivity index (χ3v) is 4.17. The molecule has 0 spiro atoms. The molecular formula is C21H26N2O6. The minimum absolute atomic E-state index is 0.241. The van der Waals surface area contributed by atoms with Crippen LogP contribution in [-0.2, 0) is 0 Å². The van der Waals surface area contributed by atoms with Gasteiger partial charge in [0.05, 0.1) is 28.4 Å². The zero-order valence-corrected chi connectivity index (χ0v) is 17.2. The second-order valence-electron chi connectivity index (χ2n) is 6.29. The van der Waals surface area contributed by atoms with Crippen LogP contribution in [0.1, 0.15) is 27.6 Å². The summed E-state index contributed by atoms with van der Waals surface area (Å²) in [6, 6.07) is 9.52. The number of amides is 2. The maximum absolute atomic E-state index is 12.5. The fraction of sp³-hybridized carbons (Fsp3) is 0.333. The van der Waals surface area contributed by atoms with Gasteiger partial charge in [0.25, 0.3) is 11.8 Å². The molecule has 0 aromatic heterocycles. The molecule has 2 aromatic carbocycles. The summed E-state index contributed by atoms with van der Waals surface area (Å²) in [4.78, 5) is 24.9. The Labute approximate surface area is 170 Å². The van der Waals surface area contributed by atoms with E-state index in [4.69, 9.17) is 18.9 Å². The maximum atomic E-state index is 12.5. The van der Waals surface area contributed by atoms with Crippen molar-refractivity contribution in [2.24, 2.45) is 0 Å². The highest BCUT2D eigenvalue weighted by Crippen LogP contribution is 2.23. The molecule has 0 aliphatic rings. The summed E-state index contributed by atoms with van der Waals surface area (Å²) in [5.41, 5.74) is 0.800. The molecule has 0 aliphatic heterocycles. The number of nitrogens with one attached hydrogen (secondary N) is 2. The monoisotopic (exact) mass is 402 g/mol. The highest BCUT2D eigenvalue weighted by Gasteiger charge is 2.15. The standard InChI is InChI=1S/C21H26N2O6/c1-13(23-21(25)15-8-18(28-4)11-19(9-15)29-5)12-22-20(24)14-6-16(26-2)10-17(7-14)27-3/h6-11,13H,12H2,1-5H3,(H,22,24)(H,23,25)/t13-/m0/s1. The van der Waals surface area contributed by atoms with Crippen LogP contribution in [0.15, 0.2) is 36.4 Å². The van der Waals surface area contributed by atoms with Crippen LogP contribution in [0.3, 0.4) is 0 Å². The van der Waals surface area contributed by atoms with Gasteiger partial charge >= 0.3 is 0 Å². The van der Waals surface area contributed by atoms with Crippen molar-refractivity contribution in [1.29, 1.82) is 0 Å². The molecule has 1 atom stereocenters. The molecule has 156 valence electrons. The molecule has 2 N–H and O–H groups in total. The lowest BCUT2D eigenvalue weighted by atomic mass is 10.1. The summed E-state index contributed by atoms with van der Waals surface area (Å²) in [6.07, 6.45) is 0. The third-order valence-electron chi connectivity index (χ3n) is 4.17. The molecule has 2 rings (SSSR count). The first kappa shape index (κ1) is 21.9. The Balaban J connectivity index is 1.98. The lowest BCUT2D eigenvalue weighted by Crippen LogP contribution is -2.41. The number of hydrogen-bond donors (Lipinski definition) is 2. The quantitative estimate of drug-likeness (QED) is 0.668. The molecule has 2 amide bonds. The zero-order valence-electron chi connectivity index (χ0n) is 17.2. The SMILES string of the molecule is COc1cc(OC)cc(C(=O)NC[C@H](C)NC(=O)c2cc(OC)cc(OC)c2)c1. The van der Waals surface area contributed by atoms with E-state index < -0.39 is 0 Å². The van der Waals surface area contributed by atoms with E-state index in [0.29, 0.717) is 34.1 Å². The van der Waals surface area contributed by atoms with Crippen molar-refractivity contribution >= 4 is 11.8 Å². The van der Waals surface area contributed by atoms with E-state index in [0.717, 1.165) is 0 Å². The summed E-state index contributed by atoms with van der Waals surface area (Å²) < 4.78 is 20.7. The largest absolute Gasteiger partial charge is 0.497 e. The van der Waals surface area contributed by atoms with Crippen molar-refractivity contribution in [2.45, 2.75) is 13.0 Å². The Hall–Kier alpha value is -3.42. The molecule has 0 unspecified atom stereocenters. The topological polar surface area (TPSA) is 95.1 Å². The lowest BCUT2D eigenvalue weighted by Gasteiger charge is -2.16. The van der Waals surface area contributed by atoms with Crippen LogP contribution in [0.5, 0.6) is 23.0 Å². The van der Waals surface area contributed by atoms with E-state index in [1.807, 2.05) is 0 Å². The minimum Gasteiger partial charge on any atom is -0.497 e. The van der Waals surface area contributed by atoms with Crippen molar-refractivity contribution in [1.82, 2.24) is 10.6 Å². The fourth-order valence-electron chi connectivity index (χ4n) is 2.58. The summed E-state index contributed by atoms with van der Waals surface area (Å²) in [7, 11) is 6.06. The number of hydrogen-bond acceptors (Lipinski definition) is 6. The average molecular weight is 402 g/mol. The average Bonchev–Trinajstić information content (AvgIpc) is 2.76. The predicted octanol–water partition coefficient (Wildman–Crippen LogP) is 2.27. The number of benzene rings is 2. The Morgan fingerprint density at radius 1 is 0.724 bits per heavy atom. The summed E-state index contributed by atoms with van der Waals surface area (Å²) in [5.74, 6) is 1.47. The molecule has 0 radical (unpaired) electrons. The number of carbonyl (C=O) groups is 2. The van der Waals surface area contributed by atoms with E-state index in [2.05, 4.69) is 10.6 Å². The van der Waals surface area contributed by atoms with Crippen molar-refractivity contribution in [3.8, 4) is 23.0 Å². The van der Waals surface area contributed by atoms with E-state index in [-0.39, 0.29) is 24.4 Å². The highest BCUT2D eigenvalue weighted by atomic mass is 16.5. The van der Waals surface area contributed by atoms with Gasteiger partial charge in [-0.1, -0.05) is 0 Å². The first-order chi connectivity index (χ1) is 13.9. The van der Waals surface area contributed by atoms with Crippen LogP contribution in [0.25, 0.3) is 0 Å². The van der Waals surface area contributed by atoms with E-state index >= 15 is 0 Å². The Morgan fingerprint density at radius 2 is 1.10 bits per heavy atom. The van der Waals surface area contributed by atoms with Crippen LogP contribution in [0.2, 0.25) is 0 Å². The third kappa shape index (κ3) is 6.03. The second-order valence-corrected chi connectivity index (χ2v) is 6.29. The van der Waals surface area contributed by atoms with Gasteiger partial charge in [0.15, 0.2) is 0 Å². The summed E-state index contributed by atoms with van der Waals surface area (Å²) >= 11 is 0. The Bertz CT molecular complexity index is 824.